The first-order valence-corrected chi connectivity index (χ1v) is 7.06. The minimum absolute atomic E-state index is 0.404. The summed E-state index contributed by atoms with van der Waals surface area (Å²) in [6, 6.07) is 6.93. The Morgan fingerprint density at radius 1 is 1.47 bits per heavy atom. The van der Waals surface area contributed by atoms with E-state index in [-0.39, 0.29) is 0 Å². The van der Waals surface area contributed by atoms with Gasteiger partial charge in [0.15, 0.2) is 0 Å². The van der Waals surface area contributed by atoms with Gasteiger partial charge in [0.05, 0.1) is 0 Å². The summed E-state index contributed by atoms with van der Waals surface area (Å²) in [5.74, 6) is 1.19. The van der Waals surface area contributed by atoms with Crippen LogP contribution in [0.4, 0.5) is 0 Å². The lowest BCUT2D eigenvalue weighted by Gasteiger charge is -2.15. The highest BCUT2D eigenvalue weighted by atomic mass is 79.9. The van der Waals surface area contributed by atoms with Crippen LogP contribution in [-0.4, -0.2) is 12.8 Å². The van der Waals surface area contributed by atoms with Crippen molar-refractivity contribution in [2.45, 2.75) is 31.2 Å². The third-order valence-corrected chi connectivity index (χ3v) is 4.12. The van der Waals surface area contributed by atoms with Gasteiger partial charge in [-0.2, -0.15) is 0 Å². The average molecular weight is 288 g/mol. The van der Waals surface area contributed by atoms with Crippen molar-refractivity contribution in [2.24, 2.45) is 0 Å². The van der Waals surface area contributed by atoms with Gasteiger partial charge in [0.1, 0.15) is 0 Å². The zero-order chi connectivity index (χ0) is 11.3. The molecule has 1 nitrogen and oxygen atoms in total. The molecule has 1 aromatic rings. The molecular weight excluding hydrogens is 270 g/mol. The Labute approximate surface area is 105 Å². The van der Waals surface area contributed by atoms with Crippen molar-refractivity contribution in [3.63, 3.8) is 0 Å². The minimum Gasteiger partial charge on any atom is -0.313 e. The van der Waals surface area contributed by atoms with Crippen LogP contribution in [0.3, 0.4) is 0 Å². The Bertz CT molecular complexity index is 314. The van der Waals surface area contributed by atoms with Crippen LogP contribution in [0.2, 0.25) is 0 Å². The fourth-order valence-corrected chi connectivity index (χ4v) is 2.73. The number of nitrogens with one attached hydrogen (secondary N) is 1. The number of hydrogen-bond acceptors (Lipinski definition) is 2. The van der Waals surface area contributed by atoms with Gasteiger partial charge >= 0.3 is 0 Å². The summed E-state index contributed by atoms with van der Waals surface area (Å²) in [6.07, 6.45) is 1.22. The molecular formula is C12H18BrNS. The molecule has 0 aliphatic heterocycles. The van der Waals surface area contributed by atoms with Crippen LogP contribution in [0.15, 0.2) is 27.6 Å². The second-order valence-electron chi connectivity index (χ2n) is 3.54. The zero-order valence-electron chi connectivity index (χ0n) is 9.51. The van der Waals surface area contributed by atoms with Gasteiger partial charge in [-0.3, -0.25) is 0 Å². The first kappa shape index (κ1) is 13.1. The van der Waals surface area contributed by atoms with E-state index in [9.17, 15) is 0 Å². The molecule has 1 rings (SSSR count). The number of benzene rings is 1. The molecule has 0 aromatic heterocycles. The monoisotopic (exact) mass is 287 g/mol. The van der Waals surface area contributed by atoms with E-state index in [1.807, 2.05) is 18.8 Å². The lowest BCUT2D eigenvalue weighted by Crippen LogP contribution is -2.13. The number of thioether (sulfide) groups is 1. The molecule has 1 aromatic carbocycles. The smallest absolute Gasteiger partial charge is 0.0300 e. The van der Waals surface area contributed by atoms with Crippen LogP contribution in [0.25, 0.3) is 0 Å². The van der Waals surface area contributed by atoms with Crippen molar-refractivity contribution in [3.8, 4) is 0 Å². The van der Waals surface area contributed by atoms with Crippen LogP contribution in [0.5, 0.6) is 0 Å². The average Bonchev–Trinajstić information content (AvgIpc) is 2.26. The number of halogens is 1. The first-order chi connectivity index (χ1) is 7.19. The van der Waals surface area contributed by atoms with E-state index >= 15 is 0 Å². The fourth-order valence-electron chi connectivity index (χ4n) is 1.36. The topological polar surface area (TPSA) is 12.0 Å². The standard InChI is InChI=1S/C12H18BrNS/c1-4-7-15-12-6-5-10(13)8-11(12)9(2)14-3/h5-6,8-9,14H,4,7H2,1-3H3. The Kier molecular flexibility index (Phi) is 5.72. The molecule has 0 bridgehead atoms. The SMILES string of the molecule is CCCSc1ccc(Br)cc1C(C)NC. The van der Waals surface area contributed by atoms with E-state index < -0.39 is 0 Å². The molecule has 0 saturated carbocycles. The van der Waals surface area contributed by atoms with Crippen molar-refractivity contribution >= 4 is 27.7 Å². The highest BCUT2D eigenvalue weighted by Crippen LogP contribution is 2.30. The summed E-state index contributed by atoms with van der Waals surface area (Å²) in [4.78, 5) is 1.39. The largest absolute Gasteiger partial charge is 0.313 e. The van der Waals surface area contributed by atoms with Gasteiger partial charge < -0.3 is 5.32 Å². The van der Waals surface area contributed by atoms with Gasteiger partial charge in [-0.05, 0) is 49.9 Å². The molecule has 84 valence electrons. The molecule has 0 aliphatic carbocycles. The molecule has 0 fully saturated rings. The third kappa shape index (κ3) is 3.82. The van der Waals surface area contributed by atoms with Crippen LogP contribution in [0.1, 0.15) is 31.9 Å². The summed E-state index contributed by atoms with van der Waals surface area (Å²) < 4.78 is 1.15. The van der Waals surface area contributed by atoms with Crippen LogP contribution in [-0.2, 0) is 0 Å². The molecule has 0 radical (unpaired) electrons. The first-order valence-electron chi connectivity index (χ1n) is 5.28. The molecule has 1 atom stereocenters. The second-order valence-corrected chi connectivity index (χ2v) is 5.59. The summed E-state index contributed by atoms with van der Waals surface area (Å²) in [5, 5.41) is 3.29. The highest BCUT2D eigenvalue weighted by Gasteiger charge is 2.09. The van der Waals surface area contributed by atoms with Gasteiger partial charge in [0.25, 0.3) is 0 Å². The van der Waals surface area contributed by atoms with Crippen LogP contribution >= 0.6 is 27.7 Å². The van der Waals surface area contributed by atoms with Crippen molar-refractivity contribution in [1.82, 2.24) is 5.32 Å². The normalized spacial score (nSPS) is 12.8. The second kappa shape index (κ2) is 6.56. The van der Waals surface area contributed by atoms with Gasteiger partial charge in [0.2, 0.25) is 0 Å². The van der Waals surface area contributed by atoms with Crippen LogP contribution in [0, 0.1) is 0 Å². The summed E-state index contributed by atoms with van der Waals surface area (Å²) in [5.41, 5.74) is 1.38. The van der Waals surface area contributed by atoms with Crippen molar-refractivity contribution in [3.05, 3.63) is 28.2 Å². The molecule has 0 spiro atoms. The predicted molar refractivity (Wildman–Crippen MR) is 72.6 cm³/mol. The van der Waals surface area contributed by atoms with Gasteiger partial charge in [-0.1, -0.05) is 22.9 Å². The van der Waals surface area contributed by atoms with E-state index in [0.29, 0.717) is 6.04 Å². The molecule has 0 heterocycles. The van der Waals surface area contributed by atoms with E-state index in [1.165, 1.54) is 22.6 Å². The zero-order valence-corrected chi connectivity index (χ0v) is 11.9. The van der Waals surface area contributed by atoms with Gasteiger partial charge in [-0.15, -0.1) is 11.8 Å². The minimum atomic E-state index is 0.404. The maximum Gasteiger partial charge on any atom is 0.0300 e. The van der Waals surface area contributed by atoms with Gasteiger partial charge in [-0.25, -0.2) is 0 Å². The Morgan fingerprint density at radius 3 is 2.80 bits per heavy atom. The molecule has 3 heteroatoms. The van der Waals surface area contributed by atoms with Gasteiger partial charge in [0, 0.05) is 15.4 Å². The Hall–Kier alpha value is 0.01000. The highest BCUT2D eigenvalue weighted by molar-refractivity contribution is 9.10. The van der Waals surface area contributed by atoms with Crippen molar-refractivity contribution in [2.75, 3.05) is 12.8 Å². The van der Waals surface area contributed by atoms with E-state index in [4.69, 9.17) is 0 Å². The molecule has 0 aliphatic rings. The lowest BCUT2D eigenvalue weighted by atomic mass is 10.1. The summed E-state index contributed by atoms with van der Waals surface area (Å²) in [7, 11) is 2.00. The third-order valence-electron chi connectivity index (χ3n) is 2.33. The number of rotatable bonds is 5. The molecule has 1 N–H and O–H groups in total. The molecule has 0 saturated heterocycles. The number of hydrogen-bond donors (Lipinski definition) is 1. The van der Waals surface area contributed by atoms with Crippen molar-refractivity contribution < 1.29 is 0 Å². The maximum atomic E-state index is 3.52. The quantitative estimate of drug-likeness (QED) is 0.814. The van der Waals surface area contributed by atoms with E-state index in [2.05, 4.69) is 53.3 Å². The van der Waals surface area contributed by atoms with E-state index in [0.717, 1.165) is 4.47 Å². The molecule has 1 unspecified atom stereocenters. The predicted octanol–water partition coefficient (Wildman–Crippen LogP) is 4.23. The van der Waals surface area contributed by atoms with Crippen LogP contribution < -0.4 is 5.32 Å². The summed E-state index contributed by atoms with van der Waals surface area (Å²) in [6.45, 7) is 4.41. The van der Waals surface area contributed by atoms with Crippen molar-refractivity contribution in [1.29, 1.82) is 0 Å². The summed E-state index contributed by atoms with van der Waals surface area (Å²) >= 11 is 5.46. The fraction of sp³-hybridized carbons (Fsp3) is 0.500. The molecule has 0 amide bonds. The Morgan fingerprint density at radius 2 is 2.20 bits per heavy atom. The Balaban J connectivity index is 2.92. The lowest BCUT2D eigenvalue weighted by molar-refractivity contribution is 0.641. The van der Waals surface area contributed by atoms with E-state index in [1.54, 1.807) is 0 Å². The molecule has 15 heavy (non-hydrogen) atoms. The maximum absolute atomic E-state index is 3.52.